The van der Waals surface area contributed by atoms with Crippen molar-refractivity contribution in [1.82, 2.24) is 15.0 Å². The lowest BCUT2D eigenvalue weighted by Crippen LogP contribution is -2.55. The summed E-state index contributed by atoms with van der Waals surface area (Å²) in [5.74, 6) is -2.18. The minimum Gasteiger partial charge on any atom is -0.370 e. The van der Waals surface area contributed by atoms with Gasteiger partial charge in [-0.05, 0) is 48.8 Å². The first kappa shape index (κ1) is 22.0. The third-order valence-electron chi connectivity index (χ3n) is 7.40. The molecule has 0 aliphatic heterocycles. The van der Waals surface area contributed by atoms with Crippen molar-refractivity contribution in [1.29, 1.82) is 0 Å². The highest BCUT2D eigenvalue weighted by molar-refractivity contribution is 7.22. The molecule has 1 aromatic carbocycles. The van der Waals surface area contributed by atoms with E-state index in [0.29, 0.717) is 36.5 Å². The second-order valence-electron chi connectivity index (χ2n) is 10.1. The second-order valence-corrected chi connectivity index (χ2v) is 11.1. The predicted molar refractivity (Wildman–Crippen MR) is 126 cm³/mol. The van der Waals surface area contributed by atoms with E-state index in [9.17, 15) is 13.6 Å². The minimum atomic E-state index is -2.54. The van der Waals surface area contributed by atoms with E-state index in [1.807, 2.05) is 30.6 Å². The van der Waals surface area contributed by atoms with Gasteiger partial charge in [0.05, 0.1) is 16.3 Å². The number of benzene rings is 1. The van der Waals surface area contributed by atoms with Crippen molar-refractivity contribution < 1.29 is 18.3 Å². The fourth-order valence-electron chi connectivity index (χ4n) is 5.70. The van der Waals surface area contributed by atoms with E-state index >= 15 is 0 Å². The van der Waals surface area contributed by atoms with E-state index in [-0.39, 0.29) is 30.1 Å². The molecule has 2 heterocycles. The van der Waals surface area contributed by atoms with Crippen LogP contribution in [0.4, 0.5) is 13.9 Å². The number of rotatable bonds is 6. The van der Waals surface area contributed by atoms with E-state index in [4.69, 9.17) is 4.74 Å². The Morgan fingerprint density at radius 3 is 2.56 bits per heavy atom. The summed E-state index contributed by atoms with van der Waals surface area (Å²) in [6.07, 6.45) is 9.60. The van der Waals surface area contributed by atoms with E-state index in [1.54, 1.807) is 0 Å². The summed E-state index contributed by atoms with van der Waals surface area (Å²) < 4.78 is 33.2. The Morgan fingerprint density at radius 2 is 1.85 bits per heavy atom. The summed E-state index contributed by atoms with van der Waals surface area (Å²) >= 11 is 1.41. The van der Waals surface area contributed by atoms with Gasteiger partial charge >= 0.3 is 0 Å². The van der Waals surface area contributed by atoms with Crippen molar-refractivity contribution in [3.05, 3.63) is 36.4 Å². The van der Waals surface area contributed by atoms with Gasteiger partial charge in [0.25, 0.3) is 0 Å². The summed E-state index contributed by atoms with van der Waals surface area (Å²) in [6.45, 7) is 0.437. The van der Waals surface area contributed by atoms with E-state index in [0.717, 1.165) is 34.2 Å². The lowest BCUT2D eigenvalue weighted by molar-refractivity contribution is -0.206. The van der Waals surface area contributed by atoms with Crippen LogP contribution < -0.4 is 5.32 Å². The normalized spacial score (nSPS) is 21.5. The van der Waals surface area contributed by atoms with Gasteiger partial charge < -0.3 is 10.1 Å². The Morgan fingerprint density at radius 1 is 1.12 bits per heavy atom. The van der Waals surface area contributed by atoms with Gasteiger partial charge in [-0.15, -0.1) is 0 Å². The third-order valence-corrected chi connectivity index (χ3v) is 8.34. The number of nitrogens with zero attached hydrogens (tertiary/aromatic N) is 3. The number of nitrogens with one attached hydrogen (secondary N) is 1. The number of carbonyl (C=O) groups excluding carboxylic acids is 1. The van der Waals surface area contributed by atoms with Crippen LogP contribution in [0.5, 0.6) is 0 Å². The molecule has 1 spiro atoms. The molecule has 3 aromatic rings. The molecule has 34 heavy (non-hydrogen) atoms. The average molecular weight is 485 g/mol. The number of aromatic nitrogens is 3. The van der Waals surface area contributed by atoms with Gasteiger partial charge in [0.1, 0.15) is 6.61 Å². The topological polar surface area (TPSA) is 77.0 Å². The van der Waals surface area contributed by atoms with Crippen LogP contribution in [0.25, 0.3) is 21.3 Å². The summed E-state index contributed by atoms with van der Waals surface area (Å²) in [7, 11) is 0. The van der Waals surface area contributed by atoms with E-state index in [1.165, 1.54) is 24.2 Å². The Bertz CT molecular complexity index is 1210. The maximum Gasteiger partial charge on any atom is 0.249 e. The molecule has 0 bridgehead atoms. The Balaban J connectivity index is 1.08. The fourth-order valence-corrected chi connectivity index (χ4v) is 6.60. The van der Waals surface area contributed by atoms with Crippen molar-refractivity contribution in [2.24, 2.45) is 11.3 Å². The molecule has 3 aliphatic carbocycles. The predicted octanol–water partition coefficient (Wildman–Crippen LogP) is 5.98. The smallest absolute Gasteiger partial charge is 0.249 e. The SMILES string of the molecule is O=C(Nc1nc2ccc(-c3cnc(COC4CCCC4)nc3)cc2s1)C1CC2(C1)CC(F)(F)C2. The molecular weight excluding hydrogens is 458 g/mol. The molecule has 6 nitrogen and oxygen atoms in total. The lowest BCUT2D eigenvalue weighted by atomic mass is 9.50. The third kappa shape index (κ3) is 4.31. The van der Waals surface area contributed by atoms with Crippen molar-refractivity contribution in [3.63, 3.8) is 0 Å². The zero-order valence-corrected chi connectivity index (χ0v) is 19.5. The first-order valence-corrected chi connectivity index (χ1v) is 12.7. The van der Waals surface area contributed by atoms with Crippen LogP contribution in [0.15, 0.2) is 30.6 Å². The van der Waals surface area contributed by atoms with Crippen LogP contribution in [-0.2, 0) is 16.1 Å². The Hall–Kier alpha value is -2.52. The summed E-state index contributed by atoms with van der Waals surface area (Å²) in [5.41, 5.74) is 2.37. The number of alkyl halides is 2. The highest BCUT2D eigenvalue weighted by Crippen LogP contribution is 2.64. The number of carbonyl (C=O) groups is 1. The van der Waals surface area contributed by atoms with Crippen molar-refractivity contribution in [2.75, 3.05) is 5.32 Å². The number of amides is 1. The fraction of sp³-hybridized carbons (Fsp3) is 0.520. The standard InChI is InChI=1S/C25H26F2N4O2S/c26-25(27)13-24(14-25)8-16(9-24)22(32)31-23-30-19-6-5-15(7-20(19)34-23)17-10-28-21(29-11-17)12-33-18-3-1-2-4-18/h5-7,10-11,16,18H,1-4,8-9,12-14H2,(H,30,31,32). The number of halogens is 2. The molecule has 6 rings (SSSR count). The average Bonchev–Trinajstić information content (AvgIpc) is 3.43. The quantitative estimate of drug-likeness (QED) is 0.466. The molecule has 2 aromatic heterocycles. The maximum absolute atomic E-state index is 13.2. The molecule has 178 valence electrons. The Labute approximate surface area is 200 Å². The molecule has 3 fully saturated rings. The van der Waals surface area contributed by atoms with Crippen LogP contribution in [0, 0.1) is 11.3 Å². The molecule has 0 unspecified atom stereocenters. The van der Waals surface area contributed by atoms with Crippen LogP contribution in [0.1, 0.15) is 57.2 Å². The molecule has 3 aliphatic rings. The number of fused-ring (bicyclic) bond motifs is 1. The number of hydrogen-bond acceptors (Lipinski definition) is 6. The van der Waals surface area contributed by atoms with E-state index in [2.05, 4.69) is 20.3 Å². The van der Waals surface area contributed by atoms with Gasteiger partial charge in [-0.2, -0.15) is 0 Å². The monoisotopic (exact) mass is 484 g/mol. The number of anilines is 1. The lowest BCUT2D eigenvalue weighted by Gasteiger charge is -2.56. The minimum absolute atomic E-state index is 0.0774. The molecule has 9 heteroatoms. The van der Waals surface area contributed by atoms with E-state index < -0.39 is 5.92 Å². The molecule has 1 N–H and O–H groups in total. The summed E-state index contributed by atoms with van der Waals surface area (Å²) in [5, 5.41) is 3.42. The van der Waals surface area contributed by atoms with Crippen LogP contribution >= 0.6 is 11.3 Å². The van der Waals surface area contributed by atoms with Gasteiger partial charge in [0.2, 0.25) is 11.8 Å². The van der Waals surface area contributed by atoms with Gasteiger partial charge in [0, 0.05) is 36.7 Å². The zero-order valence-electron chi connectivity index (χ0n) is 18.7. The summed E-state index contributed by atoms with van der Waals surface area (Å²) in [6, 6.07) is 5.90. The molecule has 0 radical (unpaired) electrons. The van der Waals surface area contributed by atoms with Crippen molar-refractivity contribution in [2.45, 2.75) is 70.0 Å². The molecular formula is C25H26F2N4O2S. The molecule has 0 atom stereocenters. The largest absolute Gasteiger partial charge is 0.370 e. The van der Waals surface area contributed by atoms with Crippen LogP contribution in [0.2, 0.25) is 0 Å². The van der Waals surface area contributed by atoms with Gasteiger partial charge in [-0.3, -0.25) is 4.79 Å². The highest BCUT2D eigenvalue weighted by Gasteiger charge is 2.62. The highest BCUT2D eigenvalue weighted by atomic mass is 32.1. The number of hydrogen-bond donors (Lipinski definition) is 1. The van der Waals surface area contributed by atoms with Gasteiger partial charge in [-0.25, -0.2) is 23.7 Å². The van der Waals surface area contributed by atoms with Gasteiger partial charge in [-0.1, -0.05) is 30.2 Å². The van der Waals surface area contributed by atoms with Gasteiger partial charge in [0.15, 0.2) is 11.0 Å². The second kappa shape index (κ2) is 8.30. The summed E-state index contributed by atoms with van der Waals surface area (Å²) in [4.78, 5) is 26.0. The van der Waals surface area contributed by atoms with Crippen LogP contribution in [0.3, 0.4) is 0 Å². The van der Waals surface area contributed by atoms with Crippen molar-refractivity contribution >= 4 is 32.6 Å². The number of ether oxygens (including phenoxy) is 1. The number of thiazole rings is 1. The zero-order chi connectivity index (χ0) is 23.3. The maximum atomic E-state index is 13.2. The Kier molecular flexibility index (Phi) is 5.37. The molecule has 1 amide bonds. The van der Waals surface area contributed by atoms with Crippen molar-refractivity contribution in [3.8, 4) is 11.1 Å². The van der Waals surface area contributed by atoms with Crippen LogP contribution in [-0.4, -0.2) is 32.9 Å². The first-order chi connectivity index (χ1) is 16.4. The first-order valence-electron chi connectivity index (χ1n) is 11.9. The molecule has 0 saturated heterocycles. The molecule has 3 saturated carbocycles.